The molecule has 0 aromatic heterocycles. The average Bonchev–Trinajstić information content (AvgIpc) is 2.37. The number of hydrogen-bond donors (Lipinski definition) is 1. The van der Waals surface area contributed by atoms with Crippen LogP contribution in [0.15, 0.2) is 4.99 Å². The molecule has 4 nitrogen and oxygen atoms in total. The first-order valence-electron chi connectivity index (χ1n) is 6.96. The summed E-state index contributed by atoms with van der Waals surface area (Å²) in [7, 11) is 3.68. The van der Waals surface area contributed by atoms with Crippen molar-refractivity contribution in [3.05, 3.63) is 0 Å². The molecule has 0 heterocycles. The number of aldehydes is 1. The Morgan fingerprint density at radius 3 is 2.50 bits per heavy atom. The van der Waals surface area contributed by atoms with Crippen molar-refractivity contribution in [1.82, 2.24) is 4.90 Å². The normalized spacial score (nSPS) is 21.4. The van der Waals surface area contributed by atoms with E-state index in [0.717, 1.165) is 25.0 Å². The molecule has 0 saturated heterocycles. The van der Waals surface area contributed by atoms with Gasteiger partial charge in [0.1, 0.15) is 11.8 Å². The minimum atomic E-state index is -0.661. The molecule has 104 valence electrons. The quantitative estimate of drug-likeness (QED) is 0.464. The van der Waals surface area contributed by atoms with Crippen molar-refractivity contribution in [2.75, 3.05) is 14.1 Å². The molecule has 0 radical (unpaired) electrons. The summed E-state index contributed by atoms with van der Waals surface area (Å²) in [6.07, 6.45) is 9.48. The summed E-state index contributed by atoms with van der Waals surface area (Å²) in [6.45, 7) is 1.87. The summed E-state index contributed by atoms with van der Waals surface area (Å²) in [6, 6.07) is 0. The van der Waals surface area contributed by atoms with Gasteiger partial charge in [-0.05, 0) is 25.7 Å². The maximum absolute atomic E-state index is 11.3. The van der Waals surface area contributed by atoms with E-state index in [1.807, 2.05) is 21.0 Å². The molecule has 1 fully saturated rings. The number of carbonyl (C=O) groups is 1. The minimum Gasteiger partial charge on any atom is -0.370 e. The van der Waals surface area contributed by atoms with Crippen LogP contribution in [0.4, 0.5) is 0 Å². The lowest BCUT2D eigenvalue weighted by molar-refractivity contribution is -0.112. The van der Waals surface area contributed by atoms with Gasteiger partial charge in [0.15, 0.2) is 5.96 Å². The molecule has 0 aromatic rings. The molecule has 0 aromatic carbocycles. The highest BCUT2D eigenvalue weighted by Gasteiger charge is 2.25. The first-order chi connectivity index (χ1) is 8.47. The van der Waals surface area contributed by atoms with Crippen molar-refractivity contribution < 1.29 is 4.79 Å². The standard InChI is InChI=1S/C14H27N3O/c1-14(11-18,16-13(15)17(2)3)10-9-12-7-5-4-6-8-12/h11-12H,4-10H2,1-3H3,(H2,15,16)/t14-/m0/s1. The lowest BCUT2D eigenvalue weighted by Crippen LogP contribution is -2.36. The zero-order chi connectivity index (χ0) is 13.6. The predicted molar refractivity (Wildman–Crippen MR) is 75.6 cm³/mol. The molecular weight excluding hydrogens is 226 g/mol. The van der Waals surface area contributed by atoms with E-state index in [4.69, 9.17) is 5.73 Å². The van der Waals surface area contributed by atoms with Crippen molar-refractivity contribution in [3.8, 4) is 0 Å². The van der Waals surface area contributed by atoms with Crippen LogP contribution in [0.2, 0.25) is 0 Å². The van der Waals surface area contributed by atoms with Gasteiger partial charge in [0, 0.05) is 14.1 Å². The molecule has 18 heavy (non-hydrogen) atoms. The Morgan fingerprint density at radius 1 is 1.39 bits per heavy atom. The average molecular weight is 253 g/mol. The van der Waals surface area contributed by atoms with Gasteiger partial charge in [0.05, 0.1) is 0 Å². The molecule has 0 aliphatic heterocycles. The van der Waals surface area contributed by atoms with Crippen molar-refractivity contribution in [3.63, 3.8) is 0 Å². The third-order valence-corrected chi connectivity index (χ3v) is 3.87. The molecule has 1 aliphatic rings. The molecule has 1 atom stereocenters. The third-order valence-electron chi connectivity index (χ3n) is 3.87. The van der Waals surface area contributed by atoms with Crippen LogP contribution in [0.3, 0.4) is 0 Å². The van der Waals surface area contributed by atoms with Gasteiger partial charge in [-0.25, -0.2) is 4.99 Å². The molecule has 2 N–H and O–H groups in total. The van der Waals surface area contributed by atoms with Crippen LogP contribution in [0.5, 0.6) is 0 Å². The van der Waals surface area contributed by atoms with Crippen LogP contribution >= 0.6 is 0 Å². The summed E-state index contributed by atoms with van der Waals surface area (Å²) >= 11 is 0. The van der Waals surface area contributed by atoms with E-state index < -0.39 is 5.54 Å². The second-order valence-electron chi connectivity index (χ2n) is 5.88. The summed E-state index contributed by atoms with van der Waals surface area (Å²) in [5, 5.41) is 0. The predicted octanol–water partition coefficient (Wildman–Crippen LogP) is 2.18. The van der Waals surface area contributed by atoms with Gasteiger partial charge in [0.2, 0.25) is 0 Å². The van der Waals surface area contributed by atoms with Crippen LogP contribution in [0.25, 0.3) is 0 Å². The van der Waals surface area contributed by atoms with Gasteiger partial charge >= 0.3 is 0 Å². The van der Waals surface area contributed by atoms with E-state index in [0.29, 0.717) is 5.96 Å². The molecular formula is C14H27N3O. The van der Waals surface area contributed by atoms with Crippen LogP contribution in [-0.2, 0) is 4.79 Å². The topological polar surface area (TPSA) is 58.7 Å². The summed E-state index contributed by atoms with van der Waals surface area (Å²) in [5.74, 6) is 1.20. The second kappa shape index (κ2) is 6.76. The minimum absolute atomic E-state index is 0.424. The van der Waals surface area contributed by atoms with E-state index in [1.54, 1.807) is 4.90 Å². The first kappa shape index (κ1) is 15.0. The van der Waals surface area contributed by atoms with Crippen LogP contribution in [-0.4, -0.2) is 36.8 Å². The van der Waals surface area contributed by atoms with E-state index in [9.17, 15) is 4.79 Å². The number of carbonyl (C=O) groups excluding carboxylic acids is 1. The highest BCUT2D eigenvalue weighted by molar-refractivity contribution is 5.80. The Balaban J connectivity index is 2.53. The monoisotopic (exact) mass is 253 g/mol. The van der Waals surface area contributed by atoms with Crippen LogP contribution in [0, 0.1) is 5.92 Å². The van der Waals surface area contributed by atoms with Crippen molar-refractivity contribution >= 4 is 12.2 Å². The van der Waals surface area contributed by atoms with Gasteiger partial charge in [-0.1, -0.05) is 32.1 Å². The Labute approximate surface area is 111 Å². The number of aliphatic imine (C=N–C) groups is 1. The lowest BCUT2D eigenvalue weighted by atomic mass is 9.83. The molecule has 0 unspecified atom stereocenters. The number of rotatable bonds is 5. The van der Waals surface area contributed by atoms with Crippen LogP contribution in [0.1, 0.15) is 51.9 Å². The molecule has 1 saturated carbocycles. The molecule has 1 rings (SSSR count). The Kier molecular flexibility index (Phi) is 5.63. The van der Waals surface area contributed by atoms with Crippen molar-refractivity contribution in [1.29, 1.82) is 0 Å². The fourth-order valence-corrected chi connectivity index (χ4v) is 2.48. The molecule has 0 spiro atoms. The molecule has 0 bridgehead atoms. The molecule has 4 heteroatoms. The third kappa shape index (κ3) is 4.67. The Morgan fingerprint density at radius 2 is 2.00 bits per heavy atom. The van der Waals surface area contributed by atoms with Gasteiger partial charge in [-0.2, -0.15) is 0 Å². The summed E-state index contributed by atoms with van der Waals surface area (Å²) in [5.41, 5.74) is 5.14. The lowest BCUT2D eigenvalue weighted by Gasteiger charge is -2.26. The first-order valence-corrected chi connectivity index (χ1v) is 6.96. The molecule has 1 aliphatic carbocycles. The Hall–Kier alpha value is -1.06. The largest absolute Gasteiger partial charge is 0.370 e. The zero-order valence-corrected chi connectivity index (χ0v) is 12.0. The van der Waals surface area contributed by atoms with E-state index in [2.05, 4.69) is 4.99 Å². The smallest absolute Gasteiger partial charge is 0.191 e. The summed E-state index contributed by atoms with van der Waals surface area (Å²) < 4.78 is 0. The maximum atomic E-state index is 11.3. The maximum Gasteiger partial charge on any atom is 0.191 e. The number of nitrogens with two attached hydrogens (primary N) is 1. The van der Waals surface area contributed by atoms with E-state index in [-0.39, 0.29) is 0 Å². The van der Waals surface area contributed by atoms with Crippen molar-refractivity contribution in [2.24, 2.45) is 16.6 Å². The SMILES string of the molecule is CN(C)C(N)=N[C@](C)(C=O)CCC1CCCCC1. The van der Waals surface area contributed by atoms with Crippen LogP contribution < -0.4 is 5.73 Å². The van der Waals surface area contributed by atoms with E-state index in [1.165, 1.54) is 32.1 Å². The fraction of sp³-hybridized carbons (Fsp3) is 0.857. The number of guanidine groups is 1. The summed E-state index contributed by atoms with van der Waals surface area (Å²) in [4.78, 5) is 17.4. The highest BCUT2D eigenvalue weighted by atomic mass is 16.1. The van der Waals surface area contributed by atoms with Gasteiger partial charge < -0.3 is 15.4 Å². The van der Waals surface area contributed by atoms with Gasteiger partial charge in [0.25, 0.3) is 0 Å². The van der Waals surface area contributed by atoms with E-state index >= 15 is 0 Å². The number of hydrogen-bond acceptors (Lipinski definition) is 2. The van der Waals surface area contributed by atoms with Gasteiger partial charge in [-0.3, -0.25) is 0 Å². The van der Waals surface area contributed by atoms with Crippen molar-refractivity contribution in [2.45, 2.75) is 57.4 Å². The molecule has 0 amide bonds. The number of nitrogens with zero attached hydrogens (tertiary/aromatic N) is 2. The second-order valence-corrected chi connectivity index (χ2v) is 5.88. The zero-order valence-electron chi connectivity index (χ0n) is 12.0. The fourth-order valence-electron chi connectivity index (χ4n) is 2.48. The highest BCUT2D eigenvalue weighted by Crippen LogP contribution is 2.30. The Bertz CT molecular complexity index is 295. The van der Waals surface area contributed by atoms with Gasteiger partial charge in [-0.15, -0.1) is 0 Å².